The van der Waals surface area contributed by atoms with Crippen LogP contribution in [0.15, 0.2) is 83.4 Å². The molecule has 1 aliphatic heterocycles. The molecule has 0 bridgehead atoms. The molecule has 0 saturated carbocycles. The monoisotopic (exact) mass is 488 g/mol. The lowest BCUT2D eigenvalue weighted by Gasteiger charge is -2.26. The second kappa shape index (κ2) is 8.89. The van der Waals surface area contributed by atoms with E-state index in [-0.39, 0.29) is 17.9 Å². The first-order valence-electron chi connectivity index (χ1n) is 10.6. The maximum absolute atomic E-state index is 13.8. The molecule has 0 aliphatic carbocycles. The molecule has 0 radical (unpaired) electrons. The van der Waals surface area contributed by atoms with Crippen molar-refractivity contribution in [1.29, 1.82) is 0 Å². The number of ketones is 1. The summed E-state index contributed by atoms with van der Waals surface area (Å²) in [5.74, 6) is -1.49. The van der Waals surface area contributed by atoms with Crippen molar-refractivity contribution in [3.05, 3.63) is 104 Å². The number of carbonyl (C=O) groups excluding carboxylic acids is 2. The third-order valence-corrected chi connectivity index (χ3v) is 7.75. The first kappa shape index (κ1) is 22.1. The number of amides is 1. The number of thiophene rings is 1. The van der Waals surface area contributed by atoms with Gasteiger partial charge in [-0.05, 0) is 36.1 Å². The van der Waals surface area contributed by atoms with Gasteiger partial charge < -0.3 is 15.1 Å². The Kier molecular flexibility index (Phi) is 5.77. The number of aryl methyl sites for hydroxylation is 1. The number of thiazole rings is 1. The van der Waals surface area contributed by atoms with Crippen molar-refractivity contribution in [3.8, 4) is 16.3 Å². The summed E-state index contributed by atoms with van der Waals surface area (Å²) >= 11 is 2.74. The molecule has 8 heteroatoms. The predicted octanol–water partition coefficient (Wildman–Crippen LogP) is 5.66. The molecule has 0 spiro atoms. The Morgan fingerprint density at radius 2 is 1.76 bits per heavy atom. The molecule has 1 atom stereocenters. The van der Waals surface area contributed by atoms with Crippen molar-refractivity contribution in [1.82, 2.24) is 9.88 Å². The van der Waals surface area contributed by atoms with Gasteiger partial charge in [0.05, 0.1) is 28.7 Å². The number of hydrogen-bond acceptors (Lipinski definition) is 7. The van der Waals surface area contributed by atoms with E-state index in [9.17, 15) is 19.8 Å². The second-order valence-corrected chi connectivity index (χ2v) is 9.93. The normalized spacial score (nSPS) is 15.9. The third-order valence-electron chi connectivity index (χ3n) is 5.69. The topological polar surface area (TPSA) is 90.7 Å². The number of aromatic nitrogens is 1. The molecule has 2 N–H and O–H groups in total. The van der Waals surface area contributed by atoms with Gasteiger partial charge in [-0.15, -0.1) is 22.7 Å². The van der Waals surface area contributed by atoms with Crippen LogP contribution in [-0.4, -0.2) is 31.8 Å². The molecule has 1 unspecified atom stereocenters. The Balaban J connectivity index is 1.58. The van der Waals surface area contributed by atoms with Crippen molar-refractivity contribution in [2.24, 2.45) is 0 Å². The molecular weight excluding hydrogens is 468 g/mol. The zero-order valence-electron chi connectivity index (χ0n) is 18.1. The number of nitrogens with zero attached hydrogens (tertiary/aromatic N) is 2. The molecular formula is C26H20N2O4S2. The Morgan fingerprint density at radius 3 is 2.44 bits per heavy atom. The van der Waals surface area contributed by atoms with E-state index < -0.39 is 23.5 Å². The van der Waals surface area contributed by atoms with Gasteiger partial charge >= 0.3 is 0 Å². The molecule has 0 fully saturated rings. The molecule has 34 heavy (non-hydrogen) atoms. The number of benzene rings is 2. The van der Waals surface area contributed by atoms with Crippen LogP contribution in [0.1, 0.15) is 31.8 Å². The number of aromatic hydroxyl groups is 1. The minimum Gasteiger partial charge on any atom is -0.508 e. The van der Waals surface area contributed by atoms with E-state index in [2.05, 4.69) is 4.98 Å². The quantitative estimate of drug-likeness (QED) is 0.342. The molecule has 1 aliphatic rings. The van der Waals surface area contributed by atoms with Crippen LogP contribution in [-0.2, 0) is 11.3 Å². The van der Waals surface area contributed by atoms with E-state index in [0.29, 0.717) is 21.1 Å². The fraction of sp³-hybridized carbons (Fsp3) is 0.115. The average molecular weight is 489 g/mol. The Bertz CT molecular complexity index is 1390. The Labute approximate surface area is 204 Å². The van der Waals surface area contributed by atoms with Crippen molar-refractivity contribution in [2.45, 2.75) is 19.5 Å². The van der Waals surface area contributed by atoms with Gasteiger partial charge in [0.1, 0.15) is 10.8 Å². The lowest BCUT2D eigenvalue weighted by Crippen LogP contribution is -2.30. The van der Waals surface area contributed by atoms with Crippen molar-refractivity contribution in [3.63, 3.8) is 0 Å². The predicted molar refractivity (Wildman–Crippen MR) is 132 cm³/mol. The molecule has 1 amide bonds. The Morgan fingerprint density at radius 1 is 1.03 bits per heavy atom. The molecule has 2 aromatic carbocycles. The number of phenols is 1. The highest BCUT2D eigenvalue weighted by atomic mass is 32.1. The smallest absolute Gasteiger partial charge is 0.290 e. The SMILES string of the molecule is Cc1nc(-c2ccccc2)sc1C(=O)C1=C(O)C(=O)N(Cc2cccs2)C1c1ccc(O)cc1. The van der Waals surface area contributed by atoms with Gasteiger partial charge in [-0.1, -0.05) is 48.5 Å². The van der Waals surface area contributed by atoms with Crippen molar-refractivity contribution >= 4 is 34.4 Å². The summed E-state index contributed by atoms with van der Waals surface area (Å²) in [4.78, 5) is 34.3. The van der Waals surface area contributed by atoms with Crippen LogP contribution in [0.25, 0.3) is 10.6 Å². The third kappa shape index (κ3) is 3.91. The van der Waals surface area contributed by atoms with E-state index >= 15 is 0 Å². The largest absolute Gasteiger partial charge is 0.508 e. The van der Waals surface area contributed by atoms with E-state index in [1.165, 1.54) is 39.7 Å². The zero-order valence-corrected chi connectivity index (χ0v) is 19.8. The minimum atomic E-state index is -0.788. The Hall–Kier alpha value is -3.75. The van der Waals surface area contributed by atoms with Gasteiger partial charge in [-0.3, -0.25) is 9.59 Å². The molecule has 3 heterocycles. The number of Topliss-reactive ketones (excluding diaryl/α,β-unsaturated/α-hetero) is 1. The maximum Gasteiger partial charge on any atom is 0.290 e. The van der Waals surface area contributed by atoms with E-state index in [1.807, 2.05) is 47.8 Å². The lowest BCUT2D eigenvalue weighted by atomic mass is 9.95. The first-order valence-corrected chi connectivity index (χ1v) is 12.3. The average Bonchev–Trinajstić information content (AvgIpc) is 3.56. The highest BCUT2D eigenvalue weighted by molar-refractivity contribution is 7.17. The van der Waals surface area contributed by atoms with Crippen molar-refractivity contribution < 1.29 is 19.8 Å². The van der Waals surface area contributed by atoms with Crippen LogP contribution in [0.5, 0.6) is 5.75 Å². The maximum atomic E-state index is 13.8. The summed E-state index contributed by atoms with van der Waals surface area (Å²) in [5, 5.41) is 23.3. The molecule has 2 aromatic heterocycles. The van der Waals surface area contributed by atoms with Crippen LogP contribution >= 0.6 is 22.7 Å². The number of aliphatic hydroxyl groups is 1. The number of aliphatic hydroxyl groups excluding tert-OH is 1. The standard InChI is InChI=1S/C26H20N2O4S2/c1-15-24(34-25(27-15)17-6-3-2-4-7-17)22(30)20-21(16-9-11-18(29)12-10-16)28(26(32)23(20)31)14-19-8-5-13-33-19/h2-13,21,29,31H,14H2,1H3. The van der Waals surface area contributed by atoms with Crippen LogP contribution in [0.3, 0.4) is 0 Å². The lowest BCUT2D eigenvalue weighted by molar-refractivity contribution is -0.130. The highest BCUT2D eigenvalue weighted by Gasteiger charge is 2.44. The summed E-state index contributed by atoms with van der Waals surface area (Å²) in [5.41, 5.74) is 2.09. The van der Waals surface area contributed by atoms with E-state index in [1.54, 1.807) is 19.1 Å². The van der Waals surface area contributed by atoms with Crippen LogP contribution in [0.4, 0.5) is 0 Å². The van der Waals surface area contributed by atoms with Crippen LogP contribution < -0.4 is 0 Å². The summed E-state index contributed by atoms with van der Waals surface area (Å²) in [7, 11) is 0. The number of carbonyl (C=O) groups is 2. The fourth-order valence-corrected chi connectivity index (χ4v) is 5.78. The van der Waals surface area contributed by atoms with Gasteiger partial charge in [-0.25, -0.2) is 4.98 Å². The van der Waals surface area contributed by atoms with Crippen LogP contribution in [0, 0.1) is 6.92 Å². The number of phenolic OH excluding ortho intramolecular Hbond substituents is 1. The molecule has 170 valence electrons. The molecule has 4 aromatic rings. The first-order chi connectivity index (χ1) is 16.4. The van der Waals surface area contributed by atoms with Gasteiger partial charge in [0.2, 0.25) is 5.78 Å². The molecule has 6 nitrogen and oxygen atoms in total. The van der Waals surface area contributed by atoms with Gasteiger partial charge in [0, 0.05) is 10.4 Å². The fourth-order valence-electron chi connectivity index (χ4n) is 4.06. The van der Waals surface area contributed by atoms with Gasteiger partial charge in [-0.2, -0.15) is 0 Å². The van der Waals surface area contributed by atoms with Gasteiger partial charge in [0.15, 0.2) is 5.76 Å². The summed E-state index contributed by atoms with van der Waals surface area (Å²) in [6.07, 6.45) is 0. The molecule has 5 rings (SSSR count). The number of rotatable bonds is 6. The summed E-state index contributed by atoms with van der Waals surface area (Å²) in [6, 6.07) is 18.9. The summed E-state index contributed by atoms with van der Waals surface area (Å²) in [6.45, 7) is 2.00. The minimum absolute atomic E-state index is 0.0265. The molecule has 0 saturated heterocycles. The second-order valence-electron chi connectivity index (χ2n) is 7.90. The summed E-state index contributed by atoms with van der Waals surface area (Å²) < 4.78 is 0. The highest BCUT2D eigenvalue weighted by Crippen LogP contribution is 2.42. The van der Waals surface area contributed by atoms with Crippen LogP contribution in [0.2, 0.25) is 0 Å². The number of hydrogen-bond donors (Lipinski definition) is 2. The van der Waals surface area contributed by atoms with E-state index in [0.717, 1.165) is 10.4 Å². The van der Waals surface area contributed by atoms with Gasteiger partial charge in [0.25, 0.3) is 5.91 Å². The van der Waals surface area contributed by atoms with E-state index in [4.69, 9.17) is 0 Å². The van der Waals surface area contributed by atoms with Crippen molar-refractivity contribution in [2.75, 3.05) is 0 Å². The zero-order chi connectivity index (χ0) is 23.8.